The smallest absolute Gasteiger partial charge is 0.259 e. The molecule has 0 saturated carbocycles. The molecule has 2 aromatic rings. The van der Waals surface area contributed by atoms with Gasteiger partial charge in [0.2, 0.25) is 0 Å². The molecule has 0 saturated heterocycles. The number of anilines is 2. The van der Waals surface area contributed by atoms with E-state index < -0.39 is 0 Å². The zero-order chi connectivity index (χ0) is 13.8. The highest BCUT2D eigenvalue weighted by Crippen LogP contribution is 2.23. The number of carbonyl (C=O) groups is 1. The standard InChI is InChI=1S/C14H13ClN2O2/c1-19-13-8-10(16)4-7-12(13)14(18)17-11-5-2-9(15)3-6-11/h2-8H,16H2,1H3,(H,17,18). The second-order valence-corrected chi connectivity index (χ2v) is 4.36. The van der Waals surface area contributed by atoms with Crippen molar-refractivity contribution in [3.05, 3.63) is 53.1 Å². The molecule has 0 aromatic heterocycles. The van der Waals surface area contributed by atoms with Crippen LogP contribution in [0, 0.1) is 0 Å². The van der Waals surface area contributed by atoms with Crippen LogP contribution in [0.4, 0.5) is 11.4 Å². The van der Waals surface area contributed by atoms with Gasteiger partial charge in [0, 0.05) is 22.5 Å². The van der Waals surface area contributed by atoms with Crippen LogP contribution in [0.3, 0.4) is 0 Å². The number of nitrogens with two attached hydrogens (primary N) is 1. The van der Waals surface area contributed by atoms with E-state index in [0.717, 1.165) is 0 Å². The lowest BCUT2D eigenvalue weighted by Crippen LogP contribution is -2.13. The van der Waals surface area contributed by atoms with Crippen molar-refractivity contribution >= 4 is 28.9 Å². The highest BCUT2D eigenvalue weighted by molar-refractivity contribution is 6.30. The van der Waals surface area contributed by atoms with Gasteiger partial charge in [-0.1, -0.05) is 11.6 Å². The van der Waals surface area contributed by atoms with E-state index in [-0.39, 0.29) is 5.91 Å². The first kappa shape index (κ1) is 13.2. The number of rotatable bonds is 3. The van der Waals surface area contributed by atoms with Crippen molar-refractivity contribution in [1.82, 2.24) is 0 Å². The first-order valence-electron chi connectivity index (χ1n) is 5.60. The number of ether oxygens (including phenoxy) is 1. The minimum absolute atomic E-state index is 0.265. The summed E-state index contributed by atoms with van der Waals surface area (Å²) in [5.74, 6) is 0.172. The Hall–Kier alpha value is -2.20. The zero-order valence-electron chi connectivity index (χ0n) is 10.3. The van der Waals surface area contributed by atoms with Crippen molar-refractivity contribution in [2.75, 3.05) is 18.2 Å². The van der Waals surface area contributed by atoms with E-state index in [0.29, 0.717) is 27.7 Å². The molecule has 0 radical (unpaired) electrons. The van der Waals surface area contributed by atoms with Gasteiger partial charge < -0.3 is 15.8 Å². The van der Waals surface area contributed by atoms with E-state index >= 15 is 0 Å². The highest BCUT2D eigenvalue weighted by atomic mass is 35.5. The van der Waals surface area contributed by atoms with E-state index in [1.165, 1.54) is 7.11 Å². The normalized spacial score (nSPS) is 10.0. The summed E-state index contributed by atoms with van der Waals surface area (Å²) >= 11 is 5.78. The maximum absolute atomic E-state index is 12.1. The van der Waals surface area contributed by atoms with Crippen molar-refractivity contribution in [3.8, 4) is 5.75 Å². The van der Waals surface area contributed by atoms with Gasteiger partial charge in [0.1, 0.15) is 5.75 Å². The molecule has 19 heavy (non-hydrogen) atoms. The predicted molar refractivity (Wildman–Crippen MR) is 76.8 cm³/mol. The number of halogens is 1. The van der Waals surface area contributed by atoms with Crippen LogP contribution in [0.5, 0.6) is 5.75 Å². The molecule has 2 aromatic carbocycles. The molecule has 0 heterocycles. The average molecular weight is 277 g/mol. The van der Waals surface area contributed by atoms with Crippen LogP contribution in [-0.2, 0) is 0 Å². The van der Waals surface area contributed by atoms with Gasteiger partial charge in [-0.25, -0.2) is 0 Å². The summed E-state index contributed by atoms with van der Waals surface area (Å²) in [5, 5.41) is 3.38. The Kier molecular flexibility index (Phi) is 3.92. The van der Waals surface area contributed by atoms with Gasteiger partial charge in [-0.3, -0.25) is 4.79 Å². The number of nitrogen functional groups attached to an aromatic ring is 1. The van der Waals surface area contributed by atoms with Gasteiger partial charge >= 0.3 is 0 Å². The second-order valence-electron chi connectivity index (χ2n) is 3.92. The summed E-state index contributed by atoms with van der Waals surface area (Å²) in [6.07, 6.45) is 0. The molecule has 98 valence electrons. The van der Waals surface area contributed by atoms with E-state index in [2.05, 4.69) is 5.32 Å². The molecule has 0 fully saturated rings. The fraction of sp³-hybridized carbons (Fsp3) is 0.0714. The molecule has 0 aliphatic heterocycles. The lowest BCUT2D eigenvalue weighted by atomic mass is 10.1. The molecule has 5 heteroatoms. The van der Waals surface area contributed by atoms with Gasteiger partial charge in [0.15, 0.2) is 0 Å². The van der Waals surface area contributed by atoms with Crippen molar-refractivity contribution in [1.29, 1.82) is 0 Å². The third-order valence-electron chi connectivity index (χ3n) is 2.57. The summed E-state index contributed by atoms with van der Waals surface area (Å²) in [4.78, 5) is 12.1. The third-order valence-corrected chi connectivity index (χ3v) is 2.82. The Labute approximate surface area is 116 Å². The van der Waals surface area contributed by atoms with Crippen LogP contribution >= 0.6 is 11.6 Å². The number of methoxy groups -OCH3 is 1. The zero-order valence-corrected chi connectivity index (χ0v) is 11.1. The molecule has 0 atom stereocenters. The van der Waals surface area contributed by atoms with Crippen molar-refractivity contribution < 1.29 is 9.53 Å². The maximum Gasteiger partial charge on any atom is 0.259 e. The van der Waals surface area contributed by atoms with Gasteiger partial charge in [-0.05, 0) is 36.4 Å². The highest BCUT2D eigenvalue weighted by Gasteiger charge is 2.12. The Morgan fingerprint density at radius 3 is 2.53 bits per heavy atom. The van der Waals surface area contributed by atoms with Crippen LogP contribution in [0.15, 0.2) is 42.5 Å². The lowest BCUT2D eigenvalue weighted by molar-refractivity contribution is 0.102. The molecular formula is C14H13ClN2O2. The first-order valence-corrected chi connectivity index (χ1v) is 5.98. The number of amides is 1. The Morgan fingerprint density at radius 2 is 1.89 bits per heavy atom. The average Bonchev–Trinajstić information content (AvgIpc) is 2.41. The molecule has 0 unspecified atom stereocenters. The molecule has 0 spiro atoms. The van der Waals surface area contributed by atoms with E-state index in [4.69, 9.17) is 22.1 Å². The third kappa shape index (κ3) is 3.17. The van der Waals surface area contributed by atoms with E-state index in [1.807, 2.05) is 0 Å². The fourth-order valence-corrected chi connectivity index (χ4v) is 1.75. The van der Waals surface area contributed by atoms with Gasteiger partial charge in [-0.2, -0.15) is 0 Å². The quantitative estimate of drug-likeness (QED) is 0.846. The molecule has 4 nitrogen and oxygen atoms in total. The summed E-state index contributed by atoms with van der Waals surface area (Å²) < 4.78 is 5.14. The van der Waals surface area contributed by atoms with Gasteiger partial charge in [0.05, 0.1) is 12.7 Å². The van der Waals surface area contributed by atoms with Crippen LogP contribution in [0.1, 0.15) is 10.4 Å². The van der Waals surface area contributed by atoms with Crippen LogP contribution in [-0.4, -0.2) is 13.0 Å². The fourth-order valence-electron chi connectivity index (χ4n) is 1.63. The predicted octanol–water partition coefficient (Wildman–Crippen LogP) is 3.18. The number of nitrogens with one attached hydrogen (secondary N) is 1. The summed E-state index contributed by atoms with van der Waals surface area (Å²) in [5.41, 5.74) is 7.27. The van der Waals surface area contributed by atoms with Crippen LogP contribution in [0.25, 0.3) is 0 Å². The van der Waals surface area contributed by atoms with Crippen molar-refractivity contribution in [3.63, 3.8) is 0 Å². The minimum Gasteiger partial charge on any atom is -0.496 e. The number of hydrogen-bond donors (Lipinski definition) is 2. The van der Waals surface area contributed by atoms with E-state index in [9.17, 15) is 4.79 Å². The lowest BCUT2D eigenvalue weighted by Gasteiger charge is -2.10. The first-order chi connectivity index (χ1) is 9.10. The van der Waals surface area contributed by atoms with Gasteiger partial charge in [0.25, 0.3) is 5.91 Å². The topological polar surface area (TPSA) is 64.3 Å². The molecule has 0 bridgehead atoms. The molecule has 0 aliphatic rings. The SMILES string of the molecule is COc1cc(N)ccc1C(=O)Nc1ccc(Cl)cc1. The Morgan fingerprint density at radius 1 is 1.21 bits per heavy atom. The number of carbonyl (C=O) groups excluding carboxylic acids is 1. The Bertz CT molecular complexity index is 597. The molecular weight excluding hydrogens is 264 g/mol. The molecule has 0 aliphatic carbocycles. The summed E-state index contributed by atoms with van der Waals surface area (Å²) in [6.45, 7) is 0. The van der Waals surface area contributed by atoms with Crippen LogP contribution < -0.4 is 15.8 Å². The van der Waals surface area contributed by atoms with Crippen molar-refractivity contribution in [2.45, 2.75) is 0 Å². The second kappa shape index (κ2) is 5.63. The summed E-state index contributed by atoms with van der Waals surface area (Å²) in [6, 6.07) is 11.7. The maximum atomic E-state index is 12.1. The number of benzene rings is 2. The molecule has 2 rings (SSSR count). The number of hydrogen-bond acceptors (Lipinski definition) is 3. The Balaban J connectivity index is 2.22. The van der Waals surface area contributed by atoms with Gasteiger partial charge in [-0.15, -0.1) is 0 Å². The van der Waals surface area contributed by atoms with E-state index in [1.54, 1.807) is 42.5 Å². The molecule has 3 N–H and O–H groups in total. The minimum atomic E-state index is -0.265. The van der Waals surface area contributed by atoms with Crippen molar-refractivity contribution in [2.24, 2.45) is 0 Å². The summed E-state index contributed by atoms with van der Waals surface area (Å²) in [7, 11) is 1.49. The molecule has 1 amide bonds. The monoisotopic (exact) mass is 276 g/mol. The van der Waals surface area contributed by atoms with Crippen LogP contribution in [0.2, 0.25) is 5.02 Å². The largest absolute Gasteiger partial charge is 0.496 e.